The Kier molecular flexibility index (Phi) is 2.49. The molecule has 1 aliphatic rings. The monoisotopic (exact) mass is 205 g/mol. The van der Waals surface area contributed by atoms with E-state index in [1.54, 1.807) is 6.20 Å². The van der Waals surface area contributed by atoms with E-state index in [1.165, 1.54) is 0 Å². The Bertz CT molecular complexity index is 381. The van der Waals surface area contributed by atoms with Gasteiger partial charge in [0.2, 0.25) is 0 Å². The molecule has 4 nitrogen and oxygen atoms in total. The van der Waals surface area contributed by atoms with Crippen molar-refractivity contribution >= 4 is 11.9 Å². The molecule has 1 aromatic heterocycles. The van der Waals surface area contributed by atoms with Gasteiger partial charge in [0, 0.05) is 17.8 Å². The van der Waals surface area contributed by atoms with Gasteiger partial charge in [0.15, 0.2) is 0 Å². The zero-order valence-corrected chi connectivity index (χ0v) is 8.40. The maximum absolute atomic E-state index is 11.1. The molecule has 0 aromatic carbocycles. The number of carbonyl (C=O) groups excluding carboxylic acids is 2. The molecular weight excluding hydrogens is 194 g/mol. The zero-order chi connectivity index (χ0) is 10.8. The lowest BCUT2D eigenvalue weighted by molar-refractivity contribution is -0.164. The molecule has 0 bridgehead atoms. The molecule has 0 aliphatic carbocycles. The van der Waals surface area contributed by atoms with E-state index in [-0.39, 0.29) is 18.8 Å². The first-order chi connectivity index (χ1) is 7.15. The molecule has 1 saturated heterocycles. The van der Waals surface area contributed by atoms with Crippen LogP contribution < -0.4 is 0 Å². The molecule has 1 fully saturated rings. The van der Waals surface area contributed by atoms with Crippen LogP contribution in [0.25, 0.3) is 0 Å². The fourth-order valence-corrected chi connectivity index (χ4v) is 1.61. The van der Waals surface area contributed by atoms with Crippen molar-refractivity contribution in [1.82, 2.24) is 4.98 Å². The van der Waals surface area contributed by atoms with Gasteiger partial charge in [0.25, 0.3) is 0 Å². The first kappa shape index (κ1) is 9.83. The highest BCUT2D eigenvalue weighted by Gasteiger charge is 2.28. The minimum absolute atomic E-state index is 0.126. The van der Waals surface area contributed by atoms with Crippen molar-refractivity contribution in [3.05, 3.63) is 29.6 Å². The molecule has 78 valence electrons. The van der Waals surface area contributed by atoms with Crippen molar-refractivity contribution < 1.29 is 14.3 Å². The molecule has 0 atom stereocenters. The summed E-state index contributed by atoms with van der Waals surface area (Å²) in [4.78, 5) is 26.3. The van der Waals surface area contributed by atoms with Crippen LogP contribution in [0.3, 0.4) is 0 Å². The molecule has 0 amide bonds. The van der Waals surface area contributed by atoms with Crippen LogP contribution in [0.1, 0.15) is 30.0 Å². The molecule has 0 spiro atoms. The number of esters is 2. The van der Waals surface area contributed by atoms with E-state index in [0.29, 0.717) is 0 Å². The highest BCUT2D eigenvalue weighted by atomic mass is 16.6. The van der Waals surface area contributed by atoms with Crippen molar-refractivity contribution in [1.29, 1.82) is 0 Å². The van der Waals surface area contributed by atoms with Crippen LogP contribution in [-0.2, 0) is 14.3 Å². The number of cyclic esters (lactones) is 2. The van der Waals surface area contributed by atoms with Gasteiger partial charge in [0.05, 0.1) is 12.8 Å². The molecule has 0 saturated carbocycles. The minimum atomic E-state index is -0.460. The van der Waals surface area contributed by atoms with Crippen LogP contribution in [0.4, 0.5) is 0 Å². The first-order valence-corrected chi connectivity index (χ1v) is 4.81. The van der Waals surface area contributed by atoms with Crippen LogP contribution in [-0.4, -0.2) is 16.9 Å². The number of aryl methyl sites for hydroxylation is 1. The summed E-state index contributed by atoms with van der Waals surface area (Å²) >= 11 is 0. The van der Waals surface area contributed by atoms with E-state index in [2.05, 4.69) is 9.72 Å². The molecule has 1 aromatic rings. The Hall–Kier alpha value is -1.71. The number of hydrogen-bond acceptors (Lipinski definition) is 4. The third kappa shape index (κ3) is 2.21. The van der Waals surface area contributed by atoms with Gasteiger partial charge < -0.3 is 4.74 Å². The minimum Gasteiger partial charge on any atom is -0.393 e. The van der Waals surface area contributed by atoms with Gasteiger partial charge in [-0.1, -0.05) is 6.07 Å². The Morgan fingerprint density at radius 2 is 1.93 bits per heavy atom. The molecule has 2 heterocycles. The van der Waals surface area contributed by atoms with Gasteiger partial charge in [0.1, 0.15) is 0 Å². The smallest absolute Gasteiger partial charge is 0.314 e. The molecule has 2 rings (SSSR count). The van der Waals surface area contributed by atoms with E-state index in [0.717, 1.165) is 11.3 Å². The molecule has 0 radical (unpaired) electrons. The van der Waals surface area contributed by atoms with Crippen molar-refractivity contribution in [3.63, 3.8) is 0 Å². The van der Waals surface area contributed by atoms with Crippen LogP contribution >= 0.6 is 0 Å². The summed E-state index contributed by atoms with van der Waals surface area (Å²) in [5.74, 6) is -1.04. The summed E-state index contributed by atoms with van der Waals surface area (Å²) in [6, 6.07) is 3.78. The summed E-state index contributed by atoms with van der Waals surface area (Å²) in [6.45, 7) is 1.94. The summed E-state index contributed by atoms with van der Waals surface area (Å²) in [6.07, 6.45) is 2.21. The molecule has 0 N–H and O–H groups in total. The van der Waals surface area contributed by atoms with Crippen molar-refractivity contribution in [2.24, 2.45) is 0 Å². The third-order valence-electron chi connectivity index (χ3n) is 2.41. The second kappa shape index (κ2) is 3.81. The predicted molar refractivity (Wildman–Crippen MR) is 52.0 cm³/mol. The quantitative estimate of drug-likeness (QED) is 0.512. The van der Waals surface area contributed by atoms with Crippen molar-refractivity contribution in [2.45, 2.75) is 25.7 Å². The van der Waals surface area contributed by atoms with Crippen LogP contribution in [0.5, 0.6) is 0 Å². The third-order valence-corrected chi connectivity index (χ3v) is 2.41. The lowest BCUT2D eigenvalue weighted by atomic mass is 9.95. The fourth-order valence-electron chi connectivity index (χ4n) is 1.61. The summed E-state index contributed by atoms with van der Waals surface area (Å²) in [5, 5.41) is 0. The van der Waals surface area contributed by atoms with Crippen LogP contribution in [0.15, 0.2) is 18.3 Å². The molecule has 4 heteroatoms. The predicted octanol–water partition coefficient (Wildman–Crippen LogP) is 1.34. The topological polar surface area (TPSA) is 56.3 Å². The molecule has 1 aliphatic heterocycles. The number of ether oxygens (including phenoxy) is 1. The van der Waals surface area contributed by atoms with Crippen molar-refractivity contribution in [3.8, 4) is 0 Å². The van der Waals surface area contributed by atoms with E-state index < -0.39 is 11.9 Å². The van der Waals surface area contributed by atoms with Gasteiger partial charge in [-0.25, -0.2) is 0 Å². The van der Waals surface area contributed by atoms with Gasteiger partial charge >= 0.3 is 11.9 Å². The van der Waals surface area contributed by atoms with Crippen LogP contribution in [0.2, 0.25) is 0 Å². The number of nitrogens with zero attached hydrogens (tertiary/aromatic N) is 1. The SMILES string of the molecule is Cc1ccc(C2CC(=O)OC(=O)C2)nc1. The normalized spacial score (nSPS) is 17.7. The summed E-state index contributed by atoms with van der Waals surface area (Å²) in [7, 11) is 0. The second-order valence-corrected chi connectivity index (χ2v) is 3.71. The lowest BCUT2D eigenvalue weighted by Gasteiger charge is -2.18. The lowest BCUT2D eigenvalue weighted by Crippen LogP contribution is -2.24. The Balaban J connectivity index is 2.19. The molecular formula is C11H11NO3. The highest BCUT2D eigenvalue weighted by molar-refractivity contribution is 5.89. The summed E-state index contributed by atoms with van der Waals surface area (Å²) < 4.78 is 4.46. The number of pyridine rings is 1. The average Bonchev–Trinajstić information content (AvgIpc) is 2.17. The number of carbonyl (C=O) groups is 2. The van der Waals surface area contributed by atoms with E-state index in [9.17, 15) is 9.59 Å². The van der Waals surface area contributed by atoms with Gasteiger partial charge in [-0.2, -0.15) is 0 Å². The van der Waals surface area contributed by atoms with Gasteiger partial charge in [-0.15, -0.1) is 0 Å². The first-order valence-electron chi connectivity index (χ1n) is 4.81. The highest BCUT2D eigenvalue weighted by Crippen LogP contribution is 2.26. The standard InChI is InChI=1S/C11H11NO3/c1-7-2-3-9(12-6-7)8-4-10(13)15-11(14)5-8/h2-3,6,8H,4-5H2,1H3. The van der Waals surface area contributed by atoms with E-state index in [1.807, 2.05) is 19.1 Å². The van der Waals surface area contributed by atoms with Gasteiger partial charge in [-0.3, -0.25) is 14.6 Å². The maximum atomic E-state index is 11.1. The number of hydrogen-bond donors (Lipinski definition) is 0. The maximum Gasteiger partial charge on any atom is 0.314 e. The van der Waals surface area contributed by atoms with Crippen molar-refractivity contribution in [2.75, 3.05) is 0 Å². The Morgan fingerprint density at radius 3 is 2.47 bits per heavy atom. The average molecular weight is 205 g/mol. The zero-order valence-electron chi connectivity index (χ0n) is 8.40. The number of aromatic nitrogens is 1. The largest absolute Gasteiger partial charge is 0.393 e. The van der Waals surface area contributed by atoms with E-state index in [4.69, 9.17) is 0 Å². The van der Waals surface area contributed by atoms with Gasteiger partial charge in [-0.05, 0) is 18.6 Å². The Labute approximate surface area is 87.3 Å². The Morgan fingerprint density at radius 1 is 1.27 bits per heavy atom. The molecule has 0 unspecified atom stereocenters. The second-order valence-electron chi connectivity index (χ2n) is 3.71. The number of rotatable bonds is 1. The van der Waals surface area contributed by atoms with Crippen LogP contribution in [0, 0.1) is 6.92 Å². The molecule has 15 heavy (non-hydrogen) atoms. The van der Waals surface area contributed by atoms with E-state index >= 15 is 0 Å². The fraction of sp³-hybridized carbons (Fsp3) is 0.364. The summed E-state index contributed by atoms with van der Waals surface area (Å²) in [5.41, 5.74) is 1.84.